The van der Waals surface area contributed by atoms with Gasteiger partial charge in [0.25, 0.3) is 0 Å². The molecule has 0 aliphatic heterocycles. The predicted octanol–water partition coefficient (Wildman–Crippen LogP) is 0.362. The van der Waals surface area contributed by atoms with Crippen LogP contribution in [0.1, 0.15) is 6.42 Å². The normalized spacial score (nSPS) is 10.5. The average molecular weight is 378 g/mol. The number of esters is 2. The van der Waals surface area contributed by atoms with Gasteiger partial charge in [0.15, 0.2) is 0 Å². The molecular formula is C17H30O9. The minimum absolute atomic E-state index is 0.0261. The van der Waals surface area contributed by atoms with Crippen LogP contribution in [-0.2, 0) is 42.7 Å². The third kappa shape index (κ3) is 16.0. The van der Waals surface area contributed by atoms with Crippen molar-refractivity contribution in [3.63, 3.8) is 0 Å². The van der Waals surface area contributed by atoms with Crippen LogP contribution in [0.3, 0.4) is 0 Å². The molecule has 0 amide bonds. The Bertz CT molecular complexity index is 384. The molecule has 0 aromatic carbocycles. The van der Waals surface area contributed by atoms with Gasteiger partial charge in [0.1, 0.15) is 13.2 Å². The third-order valence-electron chi connectivity index (χ3n) is 2.83. The van der Waals surface area contributed by atoms with E-state index >= 15 is 0 Å². The van der Waals surface area contributed by atoms with Crippen LogP contribution in [0.25, 0.3) is 0 Å². The molecule has 0 radical (unpaired) electrons. The molecule has 26 heavy (non-hydrogen) atoms. The number of carbonyl (C=O) groups is 2. The first-order chi connectivity index (χ1) is 12.6. The van der Waals surface area contributed by atoms with Gasteiger partial charge in [-0.25, -0.2) is 4.79 Å². The second-order valence-electron chi connectivity index (χ2n) is 4.96. The molecule has 0 N–H and O–H groups in total. The molecule has 0 atom stereocenters. The lowest BCUT2D eigenvalue weighted by atomic mass is 10.2. The lowest BCUT2D eigenvalue weighted by Crippen LogP contribution is -2.17. The molecule has 0 bridgehead atoms. The van der Waals surface area contributed by atoms with Crippen LogP contribution in [0.2, 0.25) is 0 Å². The van der Waals surface area contributed by atoms with Crippen molar-refractivity contribution >= 4 is 11.9 Å². The van der Waals surface area contributed by atoms with Crippen molar-refractivity contribution in [1.29, 1.82) is 0 Å². The SMILES string of the molecule is C=C(CC(=O)OCCOCCOC)C(=O)OCCOCCOCCOC. The number of hydrogen-bond donors (Lipinski definition) is 0. The zero-order chi connectivity index (χ0) is 19.5. The molecule has 0 aromatic heterocycles. The van der Waals surface area contributed by atoms with Gasteiger partial charge >= 0.3 is 11.9 Å². The van der Waals surface area contributed by atoms with Crippen LogP contribution in [0.5, 0.6) is 0 Å². The highest BCUT2D eigenvalue weighted by molar-refractivity contribution is 5.93. The number of rotatable bonds is 18. The Balaban J connectivity index is 3.55. The van der Waals surface area contributed by atoms with Gasteiger partial charge in [0.2, 0.25) is 0 Å². The monoisotopic (exact) mass is 378 g/mol. The summed E-state index contributed by atoms with van der Waals surface area (Å²) in [6.45, 7) is 6.95. The summed E-state index contributed by atoms with van der Waals surface area (Å²) >= 11 is 0. The van der Waals surface area contributed by atoms with E-state index in [2.05, 4.69) is 6.58 Å². The molecule has 0 rings (SSSR count). The molecule has 9 nitrogen and oxygen atoms in total. The lowest BCUT2D eigenvalue weighted by molar-refractivity contribution is -0.148. The number of methoxy groups -OCH3 is 2. The van der Waals surface area contributed by atoms with E-state index in [1.807, 2.05) is 0 Å². The van der Waals surface area contributed by atoms with Crippen molar-refractivity contribution in [1.82, 2.24) is 0 Å². The van der Waals surface area contributed by atoms with Gasteiger partial charge in [-0.05, 0) is 0 Å². The fourth-order valence-corrected chi connectivity index (χ4v) is 1.52. The second-order valence-corrected chi connectivity index (χ2v) is 4.96. The topological polar surface area (TPSA) is 98.8 Å². The summed E-state index contributed by atoms with van der Waals surface area (Å²) in [5.74, 6) is -1.22. The molecule has 0 saturated heterocycles. The zero-order valence-electron chi connectivity index (χ0n) is 15.7. The Morgan fingerprint density at radius 1 is 0.654 bits per heavy atom. The fourth-order valence-electron chi connectivity index (χ4n) is 1.52. The largest absolute Gasteiger partial charge is 0.463 e. The predicted molar refractivity (Wildman–Crippen MR) is 91.9 cm³/mol. The fraction of sp³-hybridized carbons (Fsp3) is 0.765. The van der Waals surface area contributed by atoms with Gasteiger partial charge in [-0.3, -0.25) is 4.79 Å². The van der Waals surface area contributed by atoms with E-state index in [9.17, 15) is 9.59 Å². The molecule has 0 aliphatic carbocycles. The standard InChI is InChI=1S/C17H30O9/c1-15(14-16(18)25-12-10-23-7-5-21-3)17(19)26-13-11-24-9-8-22-6-4-20-2/h1,4-14H2,2-3H3. The Morgan fingerprint density at radius 2 is 1.08 bits per heavy atom. The van der Waals surface area contributed by atoms with Gasteiger partial charge in [-0.1, -0.05) is 6.58 Å². The minimum atomic E-state index is -0.654. The summed E-state index contributed by atoms with van der Waals surface area (Å²) in [6.07, 6.45) is -0.231. The van der Waals surface area contributed by atoms with Crippen molar-refractivity contribution in [2.75, 3.05) is 80.3 Å². The quantitative estimate of drug-likeness (QED) is 0.190. The summed E-state index contributed by atoms with van der Waals surface area (Å²) in [4.78, 5) is 23.2. The Kier molecular flexibility index (Phi) is 17.2. The molecule has 0 spiro atoms. The maximum atomic E-state index is 11.7. The number of carbonyl (C=O) groups excluding carboxylic acids is 2. The Labute approximate surface area is 154 Å². The van der Waals surface area contributed by atoms with E-state index in [0.29, 0.717) is 39.6 Å². The summed E-state index contributed by atoms with van der Waals surface area (Å²) in [7, 11) is 3.17. The first-order valence-electron chi connectivity index (χ1n) is 8.33. The van der Waals surface area contributed by atoms with E-state index in [-0.39, 0.29) is 38.4 Å². The smallest absolute Gasteiger partial charge is 0.334 e. The maximum absolute atomic E-state index is 11.7. The van der Waals surface area contributed by atoms with Crippen LogP contribution >= 0.6 is 0 Å². The van der Waals surface area contributed by atoms with Crippen LogP contribution in [0.15, 0.2) is 12.2 Å². The Hall–Kier alpha value is -1.52. The summed E-state index contributed by atoms with van der Waals surface area (Å²) in [5.41, 5.74) is 0.0261. The van der Waals surface area contributed by atoms with E-state index in [1.165, 1.54) is 0 Å². The highest BCUT2D eigenvalue weighted by atomic mass is 16.6. The van der Waals surface area contributed by atoms with Crippen molar-refractivity contribution in [3.8, 4) is 0 Å². The third-order valence-corrected chi connectivity index (χ3v) is 2.83. The molecule has 0 aromatic rings. The number of ether oxygens (including phenoxy) is 7. The van der Waals surface area contributed by atoms with Crippen LogP contribution < -0.4 is 0 Å². The molecule has 9 heteroatoms. The van der Waals surface area contributed by atoms with Gasteiger partial charge in [-0.15, -0.1) is 0 Å². The van der Waals surface area contributed by atoms with Gasteiger partial charge in [0, 0.05) is 19.8 Å². The van der Waals surface area contributed by atoms with Crippen molar-refractivity contribution < 1.29 is 42.7 Å². The van der Waals surface area contributed by atoms with E-state index < -0.39 is 11.9 Å². The first kappa shape index (κ1) is 24.5. The van der Waals surface area contributed by atoms with E-state index in [4.69, 9.17) is 33.2 Å². The van der Waals surface area contributed by atoms with Gasteiger partial charge < -0.3 is 33.2 Å². The minimum Gasteiger partial charge on any atom is -0.463 e. The average Bonchev–Trinajstić information content (AvgIpc) is 2.63. The van der Waals surface area contributed by atoms with Crippen molar-refractivity contribution in [2.45, 2.75) is 6.42 Å². The molecule has 0 unspecified atom stereocenters. The zero-order valence-corrected chi connectivity index (χ0v) is 15.7. The molecule has 0 saturated carbocycles. The summed E-state index contributed by atoms with van der Waals surface area (Å²) in [6, 6.07) is 0. The maximum Gasteiger partial charge on any atom is 0.334 e. The van der Waals surface area contributed by atoms with Crippen molar-refractivity contribution in [2.24, 2.45) is 0 Å². The summed E-state index contributed by atoms with van der Waals surface area (Å²) in [5, 5.41) is 0. The lowest BCUT2D eigenvalue weighted by Gasteiger charge is -2.09. The van der Waals surface area contributed by atoms with Gasteiger partial charge in [-0.2, -0.15) is 0 Å². The van der Waals surface area contributed by atoms with Crippen LogP contribution in [-0.4, -0.2) is 92.2 Å². The van der Waals surface area contributed by atoms with Crippen LogP contribution in [0, 0.1) is 0 Å². The second kappa shape index (κ2) is 18.3. The molecular weight excluding hydrogens is 348 g/mol. The van der Waals surface area contributed by atoms with E-state index in [0.717, 1.165) is 0 Å². The van der Waals surface area contributed by atoms with Gasteiger partial charge in [0.05, 0.1) is 59.3 Å². The highest BCUT2D eigenvalue weighted by Crippen LogP contribution is 2.03. The molecule has 152 valence electrons. The number of hydrogen-bond acceptors (Lipinski definition) is 9. The Morgan fingerprint density at radius 3 is 1.58 bits per heavy atom. The summed E-state index contributed by atoms with van der Waals surface area (Å²) < 4.78 is 35.1. The first-order valence-corrected chi connectivity index (χ1v) is 8.33. The van der Waals surface area contributed by atoms with E-state index in [1.54, 1.807) is 14.2 Å². The molecule has 0 heterocycles. The highest BCUT2D eigenvalue weighted by Gasteiger charge is 2.14. The molecule has 0 aliphatic rings. The molecule has 0 fully saturated rings. The van der Waals surface area contributed by atoms with Crippen molar-refractivity contribution in [3.05, 3.63) is 12.2 Å². The van der Waals surface area contributed by atoms with Crippen LogP contribution in [0.4, 0.5) is 0 Å².